The van der Waals surface area contributed by atoms with Crippen LogP contribution in [0.2, 0.25) is 0 Å². The highest BCUT2D eigenvalue weighted by molar-refractivity contribution is 5.88. The van der Waals surface area contributed by atoms with Crippen molar-refractivity contribution >= 4 is 5.97 Å². The number of aromatic carboxylic acids is 1. The van der Waals surface area contributed by atoms with Crippen molar-refractivity contribution in [2.24, 2.45) is 0 Å². The van der Waals surface area contributed by atoms with Crippen molar-refractivity contribution in [3.8, 4) is 0 Å². The maximum atomic E-state index is 12.3. The molecule has 3 heterocycles. The molecule has 2 aromatic rings. The van der Waals surface area contributed by atoms with Crippen molar-refractivity contribution in [2.45, 2.75) is 26.4 Å². The number of aryl methyl sites for hydroxylation is 1. The molecule has 0 radical (unpaired) electrons. The highest BCUT2D eigenvalue weighted by Crippen LogP contribution is 2.15. The molecule has 2 aromatic heterocycles. The lowest BCUT2D eigenvalue weighted by atomic mass is 10.1. The molecule has 23 heavy (non-hydrogen) atoms. The standard InChI is InChI=1S/C16H18N4O3/c1-10-3-6-20(15(21)14(10)16(22)23)9-13-17-7-11-8-19(2)5-4-12(11)18-13/h3,6-7H,4-5,8-9H2,1-2H3,(H,22,23). The van der Waals surface area contributed by atoms with E-state index in [9.17, 15) is 14.7 Å². The minimum atomic E-state index is -1.21. The minimum absolute atomic E-state index is 0.169. The summed E-state index contributed by atoms with van der Waals surface area (Å²) >= 11 is 0. The van der Waals surface area contributed by atoms with Crippen LogP contribution >= 0.6 is 0 Å². The number of nitrogens with zero attached hydrogens (tertiary/aromatic N) is 4. The van der Waals surface area contributed by atoms with E-state index in [1.54, 1.807) is 25.4 Å². The van der Waals surface area contributed by atoms with Gasteiger partial charge in [-0.25, -0.2) is 14.8 Å². The van der Waals surface area contributed by atoms with E-state index in [-0.39, 0.29) is 12.1 Å². The number of likely N-dealkylation sites (N-methyl/N-ethyl adjacent to an activating group) is 1. The molecular weight excluding hydrogens is 296 g/mol. The molecule has 0 saturated heterocycles. The number of fused-ring (bicyclic) bond motifs is 1. The van der Waals surface area contributed by atoms with Gasteiger partial charge in [0.2, 0.25) is 0 Å². The van der Waals surface area contributed by atoms with Gasteiger partial charge in [-0.1, -0.05) is 0 Å². The molecule has 0 unspecified atom stereocenters. The molecule has 1 aliphatic heterocycles. The van der Waals surface area contributed by atoms with Crippen LogP contribution in [0.15, 0.2) is 23.3 Å². The van der Waals surface area contributed by atoms with E-state index in [4.69, 9.17) is 0 Å². The molecule has 7 heteroatoms. The number of carboxylic acid groups (broad SMARTS) is 1. The second-order valence-corrected chi connectivity index (χ2v) is 5.86. The summed E-state index contributed by atoms with van der Waals surface area (Å²) < 4.78 is 1.34. The van der Waals surface area contributed by atoms with Crippen molar-refractivity contribution in [3.05, 3.63) is 57.0 Å². The smallest absolute Gasteiger partial charge is 0.341 e. The highest BCUT2D eigenvalue weighted by Gasteiger charge is 2.17. The van der Waals surface area contributed by atoms with Gasteiger partial charge >= 0.3 is 5.97 Å². The Morgan fingerprint density at radius 2 is 2.22 bits per heavy atom. The van der Waals surface area contributed by atoms with E-state index in [1.807, 2.05) is 0 Å². The zero-order valence-corrected chi connectivity index (χ0v) is 13.1. The first-order valence-corrected chi connectivity index (χ1v) is 7.41. The molecule has 3 rings (SSSR count). The van der Waals surface area contributed by atoms with Gasteiger partial charge in [-0.05, 0) is 25.6 Å². The summed E-state index contributed by atoms with van der Waals surface area (Å²) in [5.41, 5.74) is 1.83. The lowest BCUT2D eigenvalue weighted by Crippen LogP contribution is -2.30. The summed E-state index contributed by atoms with van der Waals surface area (Å²) in [5.74, 6) is -0.688. The molecule has 120 valence electrons. The third kappa shape index (κ3) is 3.00. The molecule has 7 nitrogen and oxygen atoms in total. The zero-order chi connectivity index (χ0) is 16.6. The first kappa shape index (κ1) is 15.4. The maximum Gasteiger partial charge on any atom is 0.341 e. The van der Waals surface area contributed by atoms with Crippen LogP contribution in [0.25, 0.3) is 0 Å². The summed E-state index contributed by atoms with van der Waals surface area (Å²) in [6, 6.07) is 1.62. The second-order valence-electron chi connectivity index (χ2n) is 5.86. The van der Waals surface area contributed by atoms with Gasteiger partial charge in [0, 0.05) is 43.2 Å². The fourth-order valence-electron chi connectivity index (χ4n) is 2.78. The van der Waals surface area contributed by atoms with Crippen LogP contribution in [0.1, 0.15) is 33.0 Å². The number of pyridine rings is 1. The quantitative estimate of drug-likeness (QED) is 0.896. The van der Waals surface area contributed by atoms with Crippen molar-refractivity contribution in [1.82, 2.24) is 19.4 Å². The second kappa shape index (κ2) is 5.92. The highest BCUT2D eigenvalue weighted by atomic mass is 16.4. The normalized spacial score (nSPS) is 14.5. The average Bonchev–Trinajstić information content (AvgIpc) is 2.50. The van der Waals surface area contributed by atoms with Gasteiger partial charge in [-0.2, -0.15) is 0 Å². The summed E-state index contributed by atoms with van der Waals surface area (Å²) in [5, 5.41) is 9.17. The minimum Gasteiger partial charge on any atom is -0.477 e. The molecule has 0 spiro atoms. The molecular formula is C16H18N4O3. The molecule has 1 aliphatic rings. The SMILES string of the molecule is Cc1ccn(Cc2ncc3c(n2)CCN(C)C3)c(=O)c1C(=O)O. The Kier molecular flexibility index (Phi) is 3.96. The van der Waals surface area contributed by atoms with Gasteiger partial charge in [0.1, 0.15) is 11.4 Å². The zero-order valence-electron chi connectivity index (χ0n) is 13.1. The summed E-state index contributed by atoms with van der Waals surface area (Å²) in [4.78, 5) is 34.6. The van der Waals surface area contributed by atoms with Gasteiger partial charge in [0.15, 0.2) is 0 Å². The largest absolute Gasteiger partial charge is 0.477 e. The third-order valence-electron chi connectivity index (χ3n) is 4.07. The van der Waals surface area contributed by atoms with E-state index in [1.165, 1.54) is 4.57 Å². The Morgan fingerprint density at radius 3 is 2.96 bits per heavy atom. The van der Waals surface area contributed by atoms with E-state index in [0.29, 0.717) is 11.4 Å². The maximum absolute atomic E-state index is 12.3. The fraction of sp³-hybridized carbons (Fsp3) is 0.375. The first-order chi connectivity index (χ1) is 11.0. The van der Waals surface area contributed by atoms with E-state index >= 15 is 0 Å². The van der Waals surface area contributed by atoms with E-state index < -0.39 is 11.5 Å². The first-order valence-electron chi connectivity index (χ1n) is 7.41. The number of hydrogen-bond donors (Lipinski definition) is 1. The monoisotopic (exact) mass is 314 g/mol. The number of carbonyl (C=O) groups is 1. The van der Waals surface area contributed by atoms with Crippen molar-refractivity contribution in [3.63, 3.8) is 0 Å². The number of aromatic nitrogens is 3. The van der Waals surface area contributed by atoms with Crippen LogP contribution in [-0.2, 0) is 19.5 Å². The molecule has 1 N–H and O–H groups in total. The number of rotatable bonds is 3. The van der Waals surface area contributed by atoms with Crippen molar-refractivity contribution in [1.29, 1.82) is 0 Å². The average molecular weight is 314 g/mol. The predicted octanol–water partition coefficient (Wildman–Crippen LogP) is 0.681. The molecule has 0 saturated carbocycles. The molecule has 0 aromatic carbocycles. The van der Waals surface area contributed by atoms with Crippen LogP contribution in [-0.4, -0.2) is 44.1 Å². The molecule has 0 bridgehead atoms. The summed E-state index contributed by atoms with van der Waals surface area (Å²) in [6.45, 7) is 3.55. The molecule has 0 amide bonds. The van der Waals surface area contributed by atoms with Gasteiger partial charge in [0.05, 0.1) is 6.54 Å². The Balaban J connectivity index is 1.93. The van der Waals surface area contributed by atoms with Crippen LogP contribution in [0.4, 0.5) is 0 Å². The van der Waals surface area contributed by atoms with Crippen LogP contribution in [0.5, 0.6) is 0 Å². The van der Waals surface area contributed by atoms with E-state index in [2.05, 4.69) is 21.9 Å². The number of hydrogen-bond acceptors (Lipinski definition) is 5. The topological polar surface area (TPSA) is 88.3 Å². The Hall–Kier alpha value is -2.54. The Morgan fingerprint density at radius 1 is 1.43 bits per heavy atom. The molecule has 0 fully saturated rings. The van der Waals surface area contributed by atoms with Gasteiger partial charge in [-0.3, -0.25) is 4.79 Å². The van der Waals surface area contributed by atoms with E-state index in [0.717, 1.165) is 30.8 Å². The van der Waals surface area contributed by atoms with Crippen molar-refractivity contribution in [2.75, 3.05) is 13.6 Å². The van der Waals surface area contributed by atoms with Crippen LogP contribution in [0, 0.1) is 6.92 Å². The lowest BCUT2D eigenvalue weighted by molar-refractivity contribution is 0.0693. The molecule has 0 aliphatic carbocycles. The van der Waals surface area contributed by atoms with Gasteiger partial charge in [0.25, 0.3) is 5.56 Å². The summed E-state index contributed by atoms with van der Waals surface area (Å²) in [6.07, 6.45) is 4.23. The molecule has 0 atom stereocenters. The van der Waals surface area contributed by atoms with Crippen LogP contribution in [0.3, 0.4) is 0 Å². The predicted molar refractivity (Wildman–Crippen MR) is 83.6 cm³/mol. The fourth-order valence-corrected chi connectivity index (χ4v) is 2.78. The van der Waals surface area contributed by atoms with Gasteiger partial charge < -0.3 is 14.6 Å². The third-order valence-corrected chi connectivity index (χ3v) is 4.07. The van der Waals surface area contributed by atoms with Crippen molar-refractivity contribution < 1.29 is 9.90 Å². The van der Waals surface area contributed by atoms with Gasteiger partial charge in [-0.15, -0.1) is 0 Å². The van der Waals surface area contributed by atoms with Crippen LogP contribution < -0.4 is 5.56 Å². The Labute approximate surface area is 133 Å². The lowest BCUT2D eigenvalue weighted by Gasteiger charge is -2.24. The summed E-state index contributed by atoms with van der Waals surface area (Å²) in [7, 11) is 2.05. The number of carboxylic acids is 1. The Bertz CT molecular complexity index is 829.